The standard InChI is InChI=1S/C19H19NO3S/c1-14-2-6-16(7-3-14)24-11-10-20-19(21)9-5-15-4-8-17-18(12-15)23-13-22-17/h2-9,12H,10-11,13H2,1H3,(H,20,21)/b9-5-. The van der Waals surface area contributed by atoms with E-state index in [1.165, 1.54) is 16.5 Å². The van der Waals surface area contributed by atoms with Gasteiger partial charge < -0.3 is 14.8 Å². The first kappa shape index (κ1) is 16.5. The fourth-order valence-electron chi connectivity index (χ4n) is 2.23. The molecule has 0 radical (unpaired) electrons. The van der Waals surface area contributed by atoms with Gasteiger partial charge in [-0.3, -0.25) is 4.79 Å². The number of amides is 1. The van der Waals surface area contributed by atoms with Crippen molar-refractivity contribution >= 4 is 23.7 Å². The molecule has 1 amide bonds. The number of fused-ring (bicyclic) bond motifs is 1. The maximum atomic E-state index is 11.8. The fourth-order valence-corrected chi connectivity index (χ4v) is 2.99. The largest absolute Gasteiger partial charge is 0.454 e. The lowest BCUT2D eigenvalue weighted by molar-refractivity contribution is -0.116. The Balaban J connectivity index is 1.41. The summed E-state index contributed by atoms with van der Waals surface area (Å²) in [6, 6.07) is 14.0. The van der Waals surface area contributed by atoms with Gasteiger partial charge in [0, 0.05) is 23.3 Å². The Hall–Kier alpha value is -2.40. The first-order chi connectivity index (χ1) is 11.7. The molecule has 5 heteroatoms. The van der Waals surface area contributed by atoms with Crippen LogP contribution in [-0.2, 0) is 4.79 Å². The van der Waals surface area contributed by atoms with E-state index < -0.39 is 0 Å². The zero-order valence-electron chi connectivity index (χ0n) is 13.5. The van der Waals surface area contributed by atoms with Gasteiger partial charge in [0.2, 0.25) is 12.7 Å². The van der Waals surface area contributed by atoms with E-state index in [-0.39, 0.29) is 12.7 Å². The highest BCUT2D eigenvalue weighted by Gasteiger charge is 2.12. The van der Waals surface area contributed by atoms with Gasteiger partial charge in [0.25, 0.3) is 0 Å². The van der Waals surface area contributed by atoms with Crippen LogP contribution in [0.15, 0.2) is 53.4 Å². The minimum Gasteiger partial charge on any atom is -0.454 e. The van der Waals surface area contributed by atoms with Crippen LogP contribution in [-0.4, -0.2) is 25.0 Å². The van der Waals surface area contributed by atoms with Crippen LogP contribution in [0.5, 0.6) is 11.5 Å². The molecule has 2 aromatic rings. The molecule has 1 aliphatic rings. The number of rotatable bonds is 6. The maximum Gasteiger partial charge on any atom is 0.244 e. The second-order valence-electron chi connectivity index (χ2n) is 5.40. The van der Waals surface area contributed by atoms with Crippen molar-refractivity contribution in [3.63, 3.8) is 0 Å². The zero-order valence-corrected chi connectivity index (χ0v) is 14.3. The molecular formula is C19H19NO3S. The van der Waals surface area contributed by atoms with Crippen LogP contribution in [0.1, 0.15) is 11.1 Å². The quantitative estimate of drug-likeness (QED) is 0.495. The van der Waals surface area contributed by atoms with Gasteiger partial charge in [0.05, 0.1) is 0 Å². The molecule has 0 saturated carbocycles. The van der Waals surface area contributed by atoms with Crippen LogP contribution in [0.3, 0.4) is 0 Å². The van der Waals surface area contributed by atoms with E-state index in [1.807, 2.05) is 18.2 Å². The number of carbonyl (C=O) groups is 1. The Bertz CT molecular complexity index is 741. The van der Waals surface area contributed by atoms with Crippen LogP contribution in [0.2, 0.25) is 0 Å². The van der Waals surface area contributed by atoms with Gasteiger partial charge in [0.15, 0.2) is 11.5 Å². The molecule has 24 heavy (non-hydrogen) atoms. The lowest BCUT2D eigenvalue weighted by Crippen LogP contribution is -2.23. The fraction of sp³-hybridized carbons (Fsp3) is 0.211. The summed E-state index contributed by atoms with van der Waals surface area (Å²) in [5, 5.41) is 2.88. The highest BCUT2D eigenvalue weighted by molar-refractivity contribution is 7.99. The molecule has 4 nitrogen and oxygen atoms in total. The lowest BCUT2D eigenvalue weighted by atomic mass is 10.2. The maximum absolute atomic E-state index is 11.8. The summed E-state index contributed by atoms with van der Waals surface area (Å²) in [5.74, 6) is 2.20. The third-order valence-corrected chi connectivity index (χ3v) is 4.53. The average molecular weight is 341 g/mol. The van der Waals surface area contributed by atoms with Gasteiger partial charge in [0.1, 0.15) is 0 Å². The molecule has 0 aliphatic carbocycles. The molecule has 3 rings (SSSR count). The number of hydrogen-bond acceptors (Lipinski definition) is 4. The van der Waals surface area contributed by atoms with Crippen molar-refractivity contribution in [2.45, 2.75) is 11.8 Å². The number of nitrogens with one attached hydrogen (secondary N) is 1. The Kier molecular flexibility index (Phi) is 5.43. The molecule has 0 bridgehead atoms. The lowest BCUT2D eigenvalue weighted by Gasteiger charge is -2.03. The van der Waals surface area contributed by atoms with Gasteiger partial charge in [-0.05, 0) is 42.8 Å². The van der Waals surface area contributed by atoms with Gasteiger partial charge in [-0.2, -0.15) is 0 Å². The molecule has 0 fully saturated rings. The molecule has 0 aromatic heterocycles. The number of ether oxygens (including phenoxy) is 2. The molecule has 0 saturated heterocycles. The smallest absolute Gasteiger partial charge is 0.244 e. The second kappa shape index (κ2) is 7.93. The van der Waals surface area contributed by atoms with Crippen molar-refractivity contribution in [3.05, 3.63) is 59.7 Å². The average Bonchev–Trinajstić information content (AvgIpc) is 3.06. The Morgan fingerprint density at radius 1 is 1.17 bits per heavy atom. The first-order valence-corrected chi connectivity index (χ1v) is 8.74. The van der Waals surface area contributed by atoms with Crippen LogP contribution in [0.4, 0.5) is 0 Å². The first-order valence-electron chi connectivity index (χ1n) is 7.76. The van der Waals surface area contributed by atoms with E-state index in [0.29, 0.717) is 12.3 Å². The summed E-state index contributed by atoms with van der Waals surface area (Å²) in [5.41, 5.74) is 2.16. The van der Waals surface area contributed by atoms with Crippen LogP contribution < -0.4 is 14.8 Å². The number of hydrogen-bond donors (Lipinski definition) is 1. The summed E-state index contributed by atoms with van der Waals surface area (Å²) in [6.07, 6.45) is 3.30. The topological polar surface area (TPSA) is 47.6 Å². The van der Waals surface area contributed by atoms with E-state index in [0.717, 1.165) is 17.1 Å². The normalized spacial score (nSPS) is 12.5. The molecule has 0 atom stereocenters. The molecule has 124 valence electrons. The van der Waals surface area contributed by atoms with Crippen molar-refractivity contribution < 1.29 is 14.3 Å². The third-order valence-electron chi connectivity index (χ3n) is 3.51. The Morgan fingerprint density at radius 2 is 1.96 bits per heavy atom. The number of thioether (sulfide) groups is 1. The van der Waals surface area contributed by atoms with E-state index in [2.05, 4.69) is 36.5 Å². The van der Waals surface area contributed by atoms with Gasteiger partial charge in [-0.15, -0.1) is 11.8 Å². The summed E-state index contributed by atoms with van der Waals surface area (Å²) in [4.78, 5) is 13.1. The van der Waals surface area contributed by atoms with E-state index >= 15 is 0 Å². The van der Waals surface area contributed by atoms with Crippen LogP contribution in [0.25, 0.3) is 6.08 Å². The van der Waals surface area contributed by atoms with E-state index in [4.69, 9.17) is 9.47 Å². The van der Waals surface area contributed by atoms with Gasteiger partial charge >= 0.3 is 0 Å². The second-order valence-corrected chi connectivity index (χ2v) is 6.57. The van der Waals surface area contributed by atoms with E-state index in [9.17, 15) is 4.79 Å². The predicted octanol–water partition coefficient (Wildman–Crippen LogP) is 3.65. The van der Waals surface area contributed by atoms with Gasteiger partial charge in [-0.1, -0.05) is 23.8 Å². The van der Waals surface area contributed by atoms with E-state index in [1.54, 1.807) is 17.8 Å². The van der Waals surface area contributed by atoms with Crippen molar-refractivity contribution in [2.24, 2.45) is 0 Å². The number of benzene rings is 2. The van der Waals surface area contributed by atoms with Crippen LogP contribution >= 0.6 is 11.8 Å². The number of aryl methyl sites for hydroxylation is 1. The summed E-state index contributed by atoms with van der Waals surface area (Å²) >= 11 is 1.73. The van der Waals surface area contributed by atoms with Crippen molar-refractivity contribution in [1.82, 2.24) is 5.32 Å². The van der Waals surface area contributed by atoms with Crippen molar-refractivity contribution in [3.8, 4) is 11.5 Å². The Labute approximate surface area is 145 Å². The highest BCUT2D eigenvalue weighted by Crippen LogP contribution is 2.32. The molecule has 1 N–H and O–H groups in total. The Morgan fingerprint density at radius 3 is 2.79 bits per heavy atom. The SMILES string of the molecule is Cc1ccc(SCCNC(=O)/C=C\c2ccc3c(c2)OCO3)cc1. The third kappa shape index (κ3) is 4.55. The molecule has 0 spiro atoms. The molecule has 0 unspecified atom stereocenters. The van der Waals surface area contributed by atoms with Crippen molar-refractivity contribution in [2.75, 3.05) is 19.1 Å². The minimum atomic E-state index is -0.0998. The van der Waals surface area contributed by atoms with Crippen molar-refractivity contribution in [1.29, 1.82) is 0 Å². The predicted molar refractivity (Wildman–Crippen MR) is 96.5 cm³/mol. The van der Waals surface area contributed by atoms with Crippen LogP contribution in [0, 0.1) is 6.92 Å². The summed E-state index contributed by atoms with van der Waals surface area (Å²) < 4.78 is 10.6. The monoisotopic (exact) mass is 341 g/mol. The molecule has 1 heterocycles. The number of carbonyl (C=O) groups excluding carboxylic acids is 1. The van der Waals surface area contributed by atoms with Gasteiger partial charge in [-0.25, -0.2) is 0 Å². The molecular weight excluding hydrogens is 322 g/mol. The molecule has 2 aromatic carbocycles. The zero-order chi connectivity index (χ0) is 16.8. The highest BCUT2D eigenvalue weighted by atomic mass is 32.2. The molecule has 1 aliphatic heterocycles. The minimum absolute atomic E-state index is 0.0998. The summed E-state index contributed by atoms with van der Waals surface area (Å²) in [6.45, 7) is 2.95. The summed E-state index contributed by atoms with van der Waals surface area (Å²) in [7, 11) is 0.